The Bertz CT molecular complexity index is 1440. The highest BCUT2D eigenvalue weighted by atomic mass is 32.2. The number of benzene rings is 3. The second-order valence-electron chi connectivity index (χ2n) is 8.96. The summed E-state index contributed by atoms with van der Waals surface area (Å²) in [5.41, 5.74) is 2.67. The summed E-state index contributed by atoms with van der Waals surface area (Å²) >= 11 is 0. The third kappa shape index (κ3) is 4.53. The van der Waals surface area contributed by atoms with Crippen LogP contribution >= 0.6 is 0 Å². The second-order valence-corrected chi connectivity index (χ2v) is 11.1. The summed E-state index contributed by atoms with van der Waals surface area (Å²) < 4.78 is 36.8. The second kappa shape index (κ2) is 10.2. The van der Waals surface area contributed by atoms with Crippen molar-refractivity contribution >= 4 is 27.2 Å². The van der Waals surface area contributed by atoms with Crippen molar-refractivity contribution in [3.05, 3.63) is 101 Å². The zero-order chi connectivity index (χ0) is 26.8. The lowest BCUT2D eigenvalue weighted by atomic mass is 9.89. The molecule has 192 valence electrons. The number of ether oxygens (including phenoxy) is 2. The Morgan fingerprint density at radius 2 is 1.54 bits per heavy atom. The lowest BCUT2D eigenvalue weighted by Crippen LogP contribution is -2.60. The van der Waals surface area contributed by atoms with Crippen molar-refractivity contribution in [2.45, 2.75) is 36.5 Å². The average molecular weight is 520 g/mol. The van der Waals surface area contributed by atoms with Gasteiger partial charge in [0.25, 0.3) is 5.91 Å². The maximum atomic E-state index is 14.4. The minimum absolute atomic E-state index is 0.0480. The molecule has 7 nitrogen and oxygen atoms in total. The standard InChI is InChI=1S/C29H29NO6S/c1-20-10-16-25(17-11-20)37(33,34)29(21(2)31)18-26(36-4)27(23-12-14-24(35-3)15-13-23)30(28(29)32)19-22-8-6-5-7-9-22/h5-17H,18-19H2,1-4H3. The van der Waals surface area contributed by atoms with Crippen molar-refractivity contribution < 1.29 is 27.5 Å². The summed E-state index contributed by atoms with van der Waals surface area (Å²) in [5, 5.41) is 0. The number of hydrogen-bond donors (Lipinski definition) is 0. The number of carbonyl (C=O) groups excluding carboxylic acids is 2. The van der Waals surface area contributed by atoms with Gasteiger partial charge in [0.05, 0.1) is 31.4 Å². The molecular weight excluding hydrogens is 490 g/mol. The number of aryl methyl sites for hydroxylation is 1. The minimum Gasteiger partial charge on any atom is -0.499 e. The van der Waals surface area contributed by atoms with Gasteiger partial charge in [0.1, 0.15) is 11.5 Å². The molecule has 1 amide bonds. The van der Waals surface area contributed by atoms with Crippen LogP contribution in [0.4, 0.5) is 0 Å². The number of Topliss-reactive ketones (excluding diaryl/α,β-unsaturated/α-hetero) is 1. The molecule has 3 aromatic carbocycles. The van der Waals surface area contributed by atoms with Crippen LogP contribution in [0.2, 0.25) is 0 Å². The van der Waals surface area contributed by atoms with Gasteiger partial charge in [-0.25, -0.2) is 8.42 Å². The number of hydrogen-bond acceptors (Lipinski definition) is 6. The number of sulfone groups is 1. The molecule has 0 bridgehead atoms. The summed E-state index contributed by atoms with van der Waals surface area (Å²) in [5.74, 6) is -0.720. The largest absolute Gasteiger partial charge is 0.499 e. The van der Waals surface area contributed by atoms with Crippen molar-refractivity contribution in [3.8, 4) is 5.75 Å². The van der Waals surface area contributed by atoms with Crippen LogP contribution in [0.1, 0.15) is 30.0 Å². The van der Waals surface area contributed by atoms with Gasteiger partial charge in [0, 0.05) is 12.0 Å². The van der Waals surface area contributed by atoms with E-state index < -0.39 is 32.7 Å². The summed E-state index contributed by atoms with van der Waals surface area (Å²) in [7, 11) is -1.48. The molecule has 0 saturated heterocycles. The van der Waals surface area contributed by atoms with Gasteiger partial charge < -0.3 is 14.4 Å². The van der Waals surface area contributed by atoms with Crippen LogP contribution in [-0.4, -0.2) is 44.0 Å². The molecule has 1 aliphatic heterocycles. The lowest BCUT2D eigenvalue weighted by Gasteiger charge is -2.41. The number of carbonyl (C=O) groups is 2. The van der Waals surface area contributed by atoms with Crippen LogP contribution in [0.3, 0.4) is 0 Å². The van der Waals surface area contributed by atoms with E-state index in [4.69, 9.17) is 9.47 Å². The Morgan fingerprint density at radius 3 is 2.08 bits per heavy atom. The molecular formula is C29H29NO6S. The molecule has 1 unspecified atom stereocenters. The Balaban J connectivity index is 1.97. The van der Waals surface area contributed by atoms with Gasteiger partial charge in [-0.05, 0) is 55.8 Å². The zero-order valence-electron chi connectivity index (χ0n) is 21.2. The van der Waals surface area contributed by atoms with Crippen molar-refractivity contribution in [3.63, 3.8) is 0 Å². The molecule has 37 heavy (non-hydrogen) atoms. The predicted molar refractivity (Wildman–Crippen MR) is 140 cm³/mol. The molecule has 1 aliphatic rings. The third-order valence-corrected chi connectivity index (χ3v) is 9.10. The first kappa shape index (κ1) is 26.2. The van der Waals surface area contributed by atoms with Crippen LogP contribution in [0.15, 0.2) is 89.5 Å². The molecule has 1 atom stereocenters. The molecule has 3 aromatic rings. The first-order chi connectivity index (χ1) is 17.7. The maximum Gasteiger partial charge on any atom is 0.257 e. The fraction of sp³-hybridized carbons (Fsp3) is 0.241. The summed E-state index contributed by atoms with van der Waals surface area (Å²) in [6.45, 7) is 3.03. The highest BCUT2D eigenvalue weighted by Crippen LogP contribution is 2.44. The van der Waals surface area contributed by atoms with Crippen LogP contribution in [-0.2, 0) is 30.7 Å². The van der Waals surface area contributed by atoms with Gasteiger partial charge in [0.15, 0.2) is 5.78 Å². The van der Waals surface area contributed by atoms with Gasteiger partial charge >= 0.3 is 0 Å². The minimum atomic E-state index is -4.45. The molecule has 0 spiro atoms. The Labute approximate surface area is 217 Å². The van der Waals surface area contributed by atoms with Crippen LogP contribution in [0.5, 0.6) is 5.75 Å². The summed E-state index contributed by atoms with van der Waals surface area (Å²) in [6, 6.07) is 22.4. The van der Waals surface area contributed by atoms with E-state index in [9.17, 15) is 18.0 Å². The molecule has 0 fully saturated rings. The molecule has 4 rings (SSSR count). The number of amides is 1. The molecule has 0 N–H and O–H groups in total. The van der Waals surface area contributed by atoms with Gasteiger partial charge in [-0.1, -0.05) is 48.0 Å². The van der Waals surface area contributed by atoms with E-state index in [1.807, 2.05) is 37.3 Å². The van der Waals surface area contributed by atoms with Crippen LogP contribution < -0.4 is 4.74 Å². The number of allylic oxidation sites excluding steroid dienone is 1. The van der Waals surface area contributed by atoms with E-state index in [-0.39, 0.29) is 17.2 Å². The van der Waals surface area contributed by atoms with E-state index in [1.165, 1.54) is 24.1 Å². The molecule has 0 aromatic heterocycles. The molecule has 0 radical (unpaired) electrons. The van der Waals surface area contributed by atoms with Gasteiger partial charge in [0.2, 0.25) is 14.6 Å². The fourth-order valence-electron chi connectivity index (χ4n) is 4.60. The SMILES string of the molecule is COC1=C(c2ccc(OC)cc2)N(Cc2ccccc2)C(=O)C(C(C)=O)(S(=O)(=O)c2ccc(C)cc2)C1. The highest BCUT2D eigenvalue weighted by Gasteiger charge is 2.61. The van der Waals surface area contributed by atoms with Gasteiger partial charge in [-0.2, -0.15) is 0 Å². The molecule has 1 heterocycles. The summed E-state index contributed by atoms with van der Waals surface area (Å²) in [6.07, 6.45) is -0.416. The van der Waals surface area contributed by atoms with Crippen LogP contribution in [0.25, 0.3) is 5.70 Å². The van der Waals surface area contributed by atoms with E-state index in [2.05, 4.69) is 0 Å². The van der Waals surface area contributed by atoms with E-state index in [1.54, 1.807) is 43.5 Å². The summed E-state index contributed by atoms with van der Waals surface area (Å²) in [4.78, 5) is 28.9. The topological polar surface area (TPSA) is 90.0 Å². The number of nitrogens with zero attached hydrogens (tertiary/aromatic N) is 1. The number of methoxy groups -OCH3 is 2. The third-order valence-electron chi connectivity index (χ3n) is 6.69. The van der Waals surface area contributed by atoms with Crippen molar-refractivity contribution in [1.29, 1.82) is 0 Å². The fourth-order valence-corrected chi connectivity index (χ4v) is 6.54. The Morgan fingerprint density at radius 1 is 0.919 bits per heavy atom. The molecule has 0 saturated carbocycles. The number of rotatable bonds is 8. The number of ketones is 1. The van der Waals surface area contributed by atoms with Crippen molar-refractivity contribution in [2.75, 3.05) is 14.2 Å². The first-order valence-corrected chi connectivity index (χ1v) is 13.2. The van der Waals surface area contributed by atoms with E-state index in [0.29, 0.717) is 17.0 Å². The smallest absolute Gasteiger partial charge is 0.257 e. The molecule has 8 heteroatoms. The van der Waals surface area contributed by atoms with Gasteiger partial charge in [-0.15, -0.1) is 0 Å². The lowest BCUT2D eigenvalue weighted by molar-refractivity contribution is -0.137. The highest BCUT2D eigenvalue weighted by molar-refractivity contribution is 7.94. The Kier molecular flexibility index (Phi) is 7.23. The average Bonchev–Trinajstić information content (AvgIpc) is 2.90. The molecule has 0 aliphatic carbocycles. The quantitative estimate of drug-likeness (QED) is 0.406. The van der Waals surface area contributed by atoms with E-state index in [0.717, 1.165) is 18.1 Å². The van der Waals surface area contributed by atoms with Crippen molar-refractivity contribution in [2.24, 2.45) is 0 Å². The zero-order valence-corrected chi connectivity index (χ0v) is 22.0. The predicted octanol–water partition coefficient (Wildman–Crippen LogP) is 4.55. The maximum absolute atomic E-state index is 14.4. The monoisotopic (exact) mass is 519 g/mol. The van der Waals surface area contributed by atoms with Crippen LogP contribution in [0, 0.1) is 6.92 Å². The van der Waals surface area contributed by atoms with Crippen molar-refractivity contribution in [1.82, 2.24) is 4.90 Å². The van der Waals surface area contributed by atoms with Gasteiger partial charge in [-0.3, -0.25) is 9.59 Å². The van der Waals surface area contributed by atoms with E-state index >= 15 is 0 Å². The Hall–Kier alpha value is -3.91. The first-order valence-electron chi connectivity index (χ1n) is 11.8. The normalized spacial score (nSPS) is 18.1.